The molecule has 2 aromatic carbocycles. The minimum atomic E-state index is -1.68. The van der Waals surface area contributed by atoms with E-state index in [1.165, 1.54) is 42.7 Å². The van der Waals surface area contributed by atoms with Gasteiger partial charge in [-0.1, -0.05) is 56.5 Å². The predicted molar refractivity (Wildman–Crippen MR) is 140 cm³/mol. The Morgan fingerprint density at radius 3 is 2.51 bits per heavy atom. The number of aromatic nitrogens is 4. The predicted octanol–water partition coefficient (Wildman–Crippen LogP) is 6.08. The Morgan fingerprint density at radius 2 is 1.78 bits per heavy atom. The molecule has 4 aromatic rings. The zero-order chi connectivity index (χ0) is 26.1. The number of hydrogen-bond acceptors (Lipinski definition) is 4. The first kappa shape index (κ1) is 26.3. The molecule has 0 aliphatic carbocycles. The van der Waals surface area contributed by atoms with Crippen molar-refractivity contribution in [2.75, 3.05) is 6.61 Å². The van der Waals surface area contributed by atoms with Crippen molar-refractivity contribution < 1.29 is 18.6 Å². The van der Waals surface area contributed by atoms with E-state index in [0.29, 0.717) is 0 Å². The summed E-state index contributed by atoms with van der Waals surface area (Å²) in [6.07, 6.45) is 15.1. The van der Waals surface area contributed by atoms with Crippen molar-refractivity contribution in [3.63, 3.8) is 0 Å². The van der Waals surface area contributed by atoms with Gasteiger partial charge >= 0.3 is 0 Å². The Bertz CT molecular complexity index is 1290. The summed E-state index contributed by atoms with van der Waals surface area (Å²) in [5.74, 6) is -0.660. The topological polar surface area (TPSA) is 65.1 Å². The fourth-order valence-electron chi connectivity index (χ4n) is 4.21. The van der Waals surface area contributed by atoms with Crippen molar-refractivity contribution >= 4 is 12.2 Å². The van der Waals surface area contributed by atoms with Gasteiger partial charge in [0.25, 0.3) is 0 Å². The number of rotatable bonds is 13. The number of halogens is 2. The number of benzene rings is 2. The SMILES string of the molecule is CCCCCCOc1ccc(/C=C/c2ccn(CC(O)(Cn3cncn3)c3ccc(F)cc3F)c2)cc1. The molecule has 6 nitrogen and oxygen atoms in total. The molecule has 1 atom stereocenters. The molecule has 0 radical (unpaired) electrons. The lowest BCUT2D eigenvalue weighted by Crippen LogP contribution is -2.37. The van der Waals surface area contributed by atoms with Gasteiger partial charge in [-0.25, -0.2) is 18.4 Å². The molecule has 0 amide bonds. The Morgan fingerprint density at radius 1 is 0.973 bits per heavy atom. The largest absolute Gasteiger partial charge is 0.494 e. The molecule has 2 aromatic heterocycles. The lowest BCUT2D eigenvalue weighted by molar-refractivity contribution is -0.00534. The summed E-state index contributed by atoms with van der Waals surface area (Å²) in [4.78, 5) is 3.89. The van der Waals surface area contributed by atoms with Crippen molar-refractivity contribution in [1.29, 1.82) is 0 Å². The third kappa shape index (κ3) is 7.36. The molecule has 0 saturated carbocycles. The quantitative estimate of drug-likeness (QED) is 0.223. The van der Waals surface area contributed by atoms with Gasteiger partial charge in [0.05, 0.1) is 19.7 Å². The van der Waals surface area contributed by atoms with E-state index in [1.54, 1.807) is 4.57 Å². The van der Waals surface area contributed by atoms with Crippen LogP contribution in [0.25, 0.3) is 12.2 Å². The molecule has 194 valence electrons. The van der Waals surface area contributed by atoms with E-state index in [1.807, 2.05) is 54.9 Å². The molecular formula is C29H32F2N4O2. The summed E-state index contributed by atoms with van der Waals surface area (Å²) >= 11 is 0. The van der Waals surface area contributed by atoms with Gasteiger partial charge in [0.1, 0.15) is 35.6 Å². The summed E-state index contributed by atoms with van der Waals surface area (Å²) in [6, 6.07) is 13.0. The highest BCUT2D eigenvalue weighted by molar-refractivity contribution is 5.69. The van der Waals surface area contributed by atoms with Gasteiger partial charge < -0.3 is 14.4 Å². The van der Waals surface area contributed by atoms with Crippen LogP contribution in [0.5, 0.6) is 5.75 Å². The molecule has 0 spiro atoms. The average molecular weight is 507 g/mol. The van der Waals surface area contributed by atoms with E-state index >= 15 is 0 Å². The van der Waals surface area contributed by atoms with Gasteiger partial charge in [-0.15, -0.1) is 0 Å². The van der Waals surface area contributed by atoms with Crippen LogP contribution < -0.4 is 4.74 Å². The standard InChI is InChI=1S/C29H32F2N4O2/c1-2-3-4-5-16-37-26-11-8-23(9-12-26)6-7-24-14-15-34(18-24)19-29(36,20-35-22-32-21-33-35)27-13-10-25(30)17-28(27)31/h6-15,17-18,21-22,36H,2-5,16,19-20H2,1H3/b7-6+. The maximum atomic E-state index is 14.7. The van der Waals surface area contributed by atoms with Crippen molar-refractivity contribution in [3.05, 3.63) is 102 Å². The molecule has 0 fully saturated rings. The zero-order valence-corrected chi connectivity index (χ0v) is 20.9. The summed E-state index contributed by atoms with van der Waals surface area (Å²) in [6.45, 7) is 2.91. The highest BCUT2D eigenvalue weighted by atomic mass is 19.1. The fourth-order valence-corrected chi connectivity index (χ4v) is 4.21. The smallest absolute Gasteiger partial charge is 0.137 e. The van der Waals surface area contributed by atoms with Crippen molar-refractivity contribution in [2.45, 2.75) is 51.3 Å². The van der Waals surface area contributed by atoms with Crippen LogP contribution in [0.4, 0.5) is 8.78 Å². The molecule has 2 heterocycles. The van der Waals surface area contributed by atoms with Gasteiger partial charge in [-0.2, -0.15) is 5.10 Å². The molecular weight excluding hydrogens is 474 g/mol. The first-order valence-corrected chi connectivity index (χ1v) is 12.5. The number of hydrogen-bond donors (Lipinski definition) is 1. The molecule has 37 heavy (non-hydrogen) atoms. The van der Waals surface area contributed by atoms with Gasteiger partial charge in [0.15, 0.2) is 0 Å². The van der Waals surface area contributed by atoms with Crippen LogP contribution in [0, 0.1) is 11.6 Å². The second kappa shape index (κ2) is 12.5. The summed E-state index contributed by atoms with van der Waals surface area (Å²) in [5, 5.41) is 15.6. The highest BCUT2D eigenvalue weighted by Gasteiger charge is 2.34. The third-order valence-electron chi connectivity index (χ3n) is 6.16. The summed E-state index contributed by atoms with van der Waals surface area (Å²) in [7, 11) is 0. The Balaban J connectivity index is 1.42. The molecule has 0 aliphatic heterocycles. The van der Waals surface area contributed by atoms with Crippen LogP contribution in [-0.2, 0) is 18.7 Å². The normalized spacial score (nSPS) is 13.2. The van der Waals surface area contributed by atoms with Crippen LogP contribution in [0.3, 0.4) is 0 Å². The van der Waals surface area contributed by atoms with Crippen LogP contribution >= 0.6 is 0 Å². The Hall–Kier alpha value is -3.78. The van der Waals surface area contributed by atoms with Crippen LogP contribution in [-0.4, -0.2) is 31.0 Å². The molecule has 8 heteroatoms. The molecule has 0 aliphatic rings. The van der Waals surface area contributed by atoms with E-state index in [2.05, 4.69) is 17.0 Å². The molecule has 0 bridgehead atoms. The Labute approximate surface area is 215 Å². The maximum Gasteiger partial charge on any atom is 0.137 e. The zero-order valence-electron chi connectivity index (χ0n) is 20.9. The molecule has 0 saturated heterocycles. The minimum absolute atomic E-state index is 0.0112. The fraction of sp³-hybridized carbons (Fsp3) is 0.310. The van der Waals surface area contributed by atoms with Gasteiger partial charge in [-0.05, 0) is 41.8 Å². The second-order valence-corrected chi connectivity index (χ2v) is 9.18. The Kier molecular flexibility index (Phi) is 8.85. The average Bonchev–Trinajstić information content (AvgIpc) is 3.55. The lowest BCUT2D eigenvalue weighted by Gasteiger charge is -2.29. The first-order valence-electron chi connectivity index (χ1n) is 12.5. The highest BCUT2D eigenvalue weighted by Crippen LogP contribution is 2.29. The summed E-state index contributed by atoms with van der Waals surface area (Å²) < 4.78 is 37.2. The van der Waals surface area contributed by atoms with Crippen LogP contribution in [0.2, 0.25) is 0 Å². The lowest BCUT2D eigenvalue weighted by atomic mass is 9.92. The minimum Gasteiger partial charge on any atom is -0.494 e. The van der Waals surface area contributed by atoms with E-state index in [4.69, 9.17) is 4.74 Å². The summed E-state index contributed by atoms with van der Waals surface area (Å²) in [5.41, 5.74) is 0.252. The van der Waals surface area contributed by atoms with Crippen LogP contribution in [0.15, 0.2) is 73.6 Å². The maximum absolute atomic E-state index is 14.7. The van der Waals surface area contributed by atoms with Crippen LogP contribution in [0.1, 0.15) is 49.3 Å². The number of ether oxygens (including phenoxy) is 1. The van der Waals surface area contributed by atoms with E-state index in [0.717, 1.165) is 42.0 Å². The van der Waals surface area contributed by atoms with E-state index in [-0.39, 0.29) is 18.7 Å². The molecule has 1 N–H and O–H groups in total. The number of aliphatic hydroxyl groups is 1. The number of nitrogens with zero attached hydrogens (tertiary/aromatic N) is 4. The van der Waals surface area contributed by atoms with Gasteiger partial charge in [-0.3, -0.25) is 0 Å². The van der Waals surface area contributed by atoms with Crippen molar-refractivity contribution in [1.82, 2.24) is 19.3 Å². The number of unbranched alkanes of at least 4 members (excludes halogenated alkanes) is 3. The van der Waals surface area contributed by atoms with Gasteiger partial charge in [0, 0.05) is 24.0 Å². The second-order valence-electron chi connectivity index (χ2n) is 9.18. The molecule has 4 rings (SSSR count). The monoisotopic (exact) mass is 506 g/mol. The first-order chi connectivity index (χ1) is 17.9. The van der Waals surface area contributed by atoms with Crippen molar-refractivity contribution in [2.24, 2.45) is 0 Å². The van der Waals surface area contributed by atoms with E-state index in [9.17, 15) is 13.9 Å². The van der Waals surface area contributed by atoms with Gasteiger partial charge in [0.2, 0.25) is 0 Å². The van der Waals surface area contributed by atoms with E-state index < -0.39 is 17.2 Å². The van der Waals surface area contributed by atoms with Crippen molar-refractivity contribution in [3.8, 4) is 5.75 Å². The third-order valence-corrected chi connectivity index (χ3v) is 6.16. The molecule has 1 unspecified atom stereocenters.